The second-order valence-electron chi connectivity index (χ2n) is 4.84. The lowest BCUT2D eigenvalue weighted by molar-refractivity contribution is 0.248. The quantitative estimate of drug-likeness (QED) is 0.883. The summed E-state index contributed by atoms with van der Waals surface area (Å²) in [6.07, 6.45) is 2.23. The van der Waals surface area contributed by atoms with Gasteiger partial charge in [0.2, 0.25) is 12.3 Å². The molecule has 2 rings (SSSR count). The zero-order valence-corrected chi connectivity index (χ0v) is 12.5. The van der Waals surface area contributed by atoms with Gasteiger partial charge in [-0.3, -0.25) is 0 Å². The van der Waals surface area contributed by atoms with E-state index >= 15 is 0 Å². The average molecular weight is 299 g/mol. The molecule has 0 saturated carbocycles. The second-order valence-corrected chi connectivity index (χ2v) is 4.84. The molecular weight excluding hydrogens is 282 g/mol. The number of rotatable bonds is 5. The molecule has 22 heavy (non-hydrogen) atoms. The molecule has 0 spiro atoms. The summed E-state index contributed by atoms with van der Waals surface area (Å²) in [5.41, 5.74) is 2.29. The number of nitrogens with one attached hydrogen (secondary N) is 2. The Labute approximate surface area is 128 Å². The molecule has 1 heterocycles. The van der Waals surface area contributed by atoms with Crippen LogP contribution in [0.15, 0.2) is 29.0 Å². The molecule has 2 N–H and O–H groups in total. The first kappa shape index (κ1) is 15.5. The maximum absolute atomic E-state index is 12.0. The van der Waals surface area contributed by atoms with Gasteiger partial charge in [-0.25, -0.2) is 4.79 Å². The first-order valence-corrected chi connectivity index (χ1v) is 6.95. The number of hydrogen-bond acceptors (Lipinski definition) is 5. The van der Waals surface area contributed by atoms with Crippen LogP contribution in [-0.4, -0.2) is 22.3 Å². The molecule has 0 bridgehead atoms. The van der Waals surface area contributed by atoms with Gasteiger partial charge in [-0.1, -0.05) is 13.0 Å². The monoisotopic (exact) mass is 299 g/mol. The van der Waals surface area contributed by atoms with Crippen LogP contribution in [0.3, 0.4) is 0 Å². The SMILES string of the molecule is CC[C@@H](CC#N)NC(=O)Nc1cc(-c2nnco2)ccc1C. The molecular formula is C15H17N5O2. The lowest BCUT2D eigenvalue weighted by Gasteiger charge is -2.15. The largest absolute Gasteiger partial charge is 0.423 e. The number of nitrogens with zero attached hydrogens (tertiary/aromatic N) is 3. The van der Waals surface area contributed by atoms with Gasteiger partial charge in [0.15, 0.2) is 0 Å². The predicted molar refractivity (Wildman–Crippen MR) is 80.9 cm³/mol. The highest BCUT2D eigenvalue weighted by atomic mass is 16.4. The van der Waals surface area contributed by atoms with Gasteiger partial charge < -0.3 is 15.1 Å². The predicted octanol–water partition coefficient (Wildman–Crippen LogP) is 2.86. The number of aromatic nitrogens is 2. The van der Waals surface area contributed by atoms with E-state index < -0.39 is 0 Å². The topological polar surface area (TPSA) is 104 Å². The van der Waals surface area contributed by atoms with E-state index in [2.05, 4.69) is 26.9 Å². The van der Waals surface area contributed by atoms with E-state index in [0.29, 0.717) is 18.0 Å². The maximum Gasteiger partial charge on any atom is 0.319 e. The fourth-order valence-electron chi connectivity index (χ4n) is 1.94. The third-order valence-electron chi connectivity index (χ3n) is 3.26. The van der Waals surface area contributed by atoms with E-state index in [1.54, 1.807) is 6.07 Å². The third kappa shape index (κ3) is 3.82. The van der Waals surface area contributed by atoms with Crippen molar-refractivity contribution in [2.75, 3.05) is 5.32 Å². The van der Waals surface area contributed by atoms with Crippen molar-refractivity contribution in [3.8, 4) is 17.5 Å². The van der Waals surface area contributed by atoms with Crippen LogP contribution < -0.4 is 10.6 Å². The number of hydrogen-bond donors (Lipinski definition) is 2. The summed E-state index contributed by atoms with van der Waals surface area (Å²) in [5.74, 6) is 0.388. The van der Waals surface area contributed by atoms with E-state index in [0.717, 1.165) is 11.1 Å². The summed E-state index contributed by atoms with van der Waals surface area (Å²) in [6, 6.07) is 7.03. The number of nitriles is 1. The third-order valence-corrected chi connectivity index (χ3v) is 3.26. The van der Waals surface area contributed by atoms with Crippen molar-refractivity contribution in [1.82, 2.24) is 15.5 Å². The normalized spacial score (nSPS) is 11.5. The van der Waals surface area contributed by atoms with Crippen LogP contribution >= 0.6 is 0 Å². The Morgan fingerprint density at radius 2 is 2.32 bits per heavy atom. The summed E-state index contributed by atoms with van der Waals surface area (Å²) >= 11 is 0. The number of benzene rings is 1. The Balaban J connectivity index is 2.10. The first-order valence-electron chi connectivity index (χ1n) is 6.95. The Morgan fingerprint density at radius 3 is 2.95 bits per heavy atom. The van der Waals surface area contributed by atoms with Crippen molar-refractivity contribution in [3.63, 3.8) is 0 Å². The van der Waals surface area contributed by atoms with Crippen molar-refractivity contribution in [2.45, 2.75) is 32.7 Å². The van der Waals surface area contributed by atoms with Gasteiger partial charge in [0, 0.05) is 17.3 Å². The molecule has 0 aliphatic rings. The van der Waals surface area contributed by atoms with Gasteiger partial charge in [0.1, 0.15) is 0 Å². The highest BCUT2D eigenvalue weighted by Crippen LogP contribution is 2.23. The molecule has 1 atom stereocenters. The van der Waals surface area contributed by atoms with Crippen LogP contribution in [0.2, 0.25) is 0 Å². The van der Waals surface area contributed by atoms with Gasteiger partial charge in [0.05, 0.1) is 12.5 Å². The molecule has 0 fully saturated rings. The summed E-state index contributed by atoms with van der Waals surface area (Å²) in [7, 11) is 0. The van der Waals surface area contributed by atoms with E-state index in [4.69, 9.17) is 9.68 Å². The molecule has 2 aromatic rings. The number of urea groups is 1. The minimum atomic E-state index is -0.340. The number of carbonyl (C=O) groups is 1. The van der Waals surface area contributed by atoms with Crippen molar-refractivity contribution in [3.05, 3.63) is 30.2 Å². The van der Waals surface area contributed by atoms with Crippen molar-refractivity contribution in [2.24, 2.45) is 0 Å². The summed E-state index contributed by atoms with van der Waals surface area (Å²) < 4.78 is 5.15. The Bertz CT molecular complexity index is 676. The minimum absolute atomic E-state index is 0.163. The Kier molecular flexibility index (Phi) is 5.09. The van der Waals surface area contributed by atoms with Gasteiger partial charge in [-0.2, -0.15) is 5.26 Å². The lowest BCUT2D eigenvalue weighted by Crippen LogP contribution is -2.37. The van der Waals surface area contributed by atoms with Crippen molar-refractivity contribution in [1.29, 1.82) is 5.26 Å². The zero-order chi connectivity index (χ0) is 15.9. The summed E-state index contributed by atoms with van der Waals surface area (Å²) in [5, 5.41) is 21.7. The van der Waals surface area contributed by atoms with Crippen molar-refractivity contribution >= 4 is 11.7 Å². The van der Waals surface area contributed by atoms with Gasteiger partial charge >= 0.3 is 6.03 Å². The van der Waals surface area contributed by atoms with Crippen LogP contribution in [0.25, 0.3) is 11.5 Å². The van der Waals surface area contributed by atoms with Crippen LogP contribution in [0.1, 0.15) is 25.3 Å². The first-order chi connectivity index (χ1) is 10.6. The van der Waals surface area contributed by atoms with Gasteiger partial charge in [-0.05, 0) is 31.0 Å². The maximum atomic E-state index is 12.0. The highest BCUT2D eigenvalue weighted by Gasteiger charge is 2.12. The molecule has 2 amide bonds. The number of amides is 2. The van der Waals surface area contributed by atoms with E-state index in [9.17, 15) is 4.79 Å². The van der Waals surface area contributed by atoms with Crippen molar-refractivity contribution < 1.29 is 9.21 Å². The van der Waals surface area contributed by atoms with Crippen LogP contribution in [0.4, 0.5) is 10.5 Å². The van der Waals surface area contributed by atoms with Crippen LogP contribution in [0.5, 0.6) is 0 Å². The fraction of sp³-hybridized carbons (Fsp3) is 0.333. The second kappa shape index (κ2) is 7.22. The molecule has 7 heteroatoms. The fourth-order valence-corrected chi connectivity index (χ4v) is 1.94. The minimum Gasteiger partial charge on any atom is -0.423 e. The molecule has 114 valence electrons. The van der Waals surface area contributed by atoms with Gasteiger partial charge in [0.25, 0.3) is 0 Å². The average Bonchev–Trinajstić information content (AvgIpc) is 3.03. The lowest BCUT2D eigenvalue weighted by atomic mass is 10.1. The molecule has 0 unspecified atom stereocenters. The molecule has 0 radical (unpaired) electrons. The van der Waals surface area contributed by atoms with E-state index in [-0.39, 0.29) is 18.5 Å². The van der Waals surface area contributed by atoms with Crippen LogP contribution in [-0.2, 0) is 0 Å². The van der Waals surface area contributed by atoms with Crippen LogP contribution in [0, 0.1) is 18.3 Å². The Hall–Kier alpha value is -2.88. The molecule has 7 nitrogen and oxygen atoms in total. The standard InChI is InChI=1S/C15H17N5O2/c1-3-12(6-7-16)18-15(21)19-13-8-11(5-4-10(13)2)14-20-17-9-22-14/h4-5,8-9,12H,3,6H2,1-2H3,(H2,18,19,21)/t12-/m0/s1. The molecule has 0 aliphatic carbocycles. The van der Waals surface area contributed by atoms with E-state index in [1.807, 2.05) is 26.0 Å². The number of anilines is 1. The molecule has 0 aliphatic heterocycles. The van der Waals surface area contributed by atoms with Gasteiger partial charge in [-0.15, -0.1) is 10.2 Å². The van der Waals surface area contributed by atoms with E-state index in [1.165, 1.54) is 6.39 Å². The Morgan fingerprint density at radius 1 is 1.50 bits per heavy atom. The summed E-state index contributed by atoms with van der Waals surface area (Å²) in [6.45, 7) is 3.81. The number of aryl methyl sites for hydroxylation is 1. The highest BCUT2D eigenvalue weighted by molar-refractivity contribution is 5.91. The molecule has 0 saturated heterocycles. The summed E-state index contributed by atoms with van der Waals surface area (Å²) in [4.78, 5) is 12.0. The molecule has 1 aromatic carbocycles. The molecule has 1 aromatic heterocycles. The zero-order valence-electron chi connectivity index (χ0n) is 12.5. The smallest absolute Gasteiger partial charge is 0.319 e. The number of carbonyl (C=O) groups excluding carboxylic acids is 1.